The highest BCUT2D eigenvalue weighted by Crippen LogP contribution is 2.24. The number of aromatic nitrogens is 3. The van der Waals surface area contributed by atoms with Gasteiger partial charge in [-0.2, -0.15) is 5.10 Å². The lowest BCUT2D eigenvalue weighted by molar-refractivity contribution is -0.121. The number of hydrogen-bond donors (Lipinski definition) is 1. The van der Waals surface area contributed by atoms with Crippen LogP contribution in [0.3, 0.4) is 0 Å². The molecule has 1 saturated heterocycles. The number of hydrogen-bond acceptors (Lipinski definition) is 4. The summed E-state index contributed by atoms with van der Waals surface area (Å²) in [5.41, 5.74) is 3.07. The average Bonchev–Trinajstić information content (AvgIpc) is 3.09. The van der Waals surface area contributed by atoms with Crippen molar-refractivity contribution in [1.29, 1.82) is 0 Å². The molecule has 3 heterocycles. The largest absolute Gasteiger partial charge is 0.338 e. The Balaban J connectivity index is 1.39. The van der Waals surface area contributed by atoms with E-state index in [1.165, 1.54) is 6.20 Å². The molecule has 1 aromatic carbocycles. The molecule has 3 aromatic rings. The summed E-state index contributed by atoms with van der Waals surface area (Å²) in [4.78, 5) is 31.8. The monoisotopic (exact) mass is 485 g/mol. The van der Waals surface area contributed by atoms with Gasteiger partial charge in [0.1, 0.15) is 5.82 Å². The SMILES string of the molecule is Cc1nn(Cc2ccccc2Cl)c(C)c1C(=O)N1CCC(C(=O)Nc2ccc(Cl)cn2)CC1. The normalized spacial score (nSPS) is 14.4. The van der Waals surface area contributed by atoms with E-state index >= 15 is 0 Å². The van der Waals surface area contributed by atoms with E-state index in [-0.39, 0.29) is 17.7 Å². The fourth-order valence-corrected chi connectivity index (χ4v) is 4.44. The quantitative estimate of drug-likeness (QED) is 0.565. The Morgan fingerprint density at radius 2 is 1.82 bits per heavy atom. The molecule has 2 amide bonds. The van der Waals surface area contributed by atoms with Crippen molar-refractivity contribution in [1.82, 2.24) is 19.7 Å². The molecular weight excluding hydrogens is 461 g/mol. The topological polar surface area (TPSA) is 80.1 Å². The summed E-state index contributed by atoms with van der Waals surface area (Å²) in [6.45, 7) is 5.28. The molecule has 1 aliphatic rings. The summed E-state index contributed by atoms with van der Waals surface area (Å²) >= 11 is 12.1. The molecule has 0 saturated carbocycles. The van der Waals surface area contributed by atoms with E-state index in [1.807, 2.05) is 42.8 Å². The number of halogens is 2. The average molecular weight is 486 g/mol. The van der Waals surface area contributed by atoms with Gasteiger partial charge in [-0.15, -0.1) is 0 Å². The van der Waals surface area contributed by atoms with Crippen LogP contribution >= 0.6 is 23.2 Å². The van der Waals surface area contributed by atoms with E-state index in [9.17, 15) is 9.59 Å². The zero-order valence-electron chi connectivity index (χ0n) is 18.5. The molecule has 4 rings (SSSR count). The fourth-order valence-electron chi connectivity index (χ4n) is 4.13. The van der Waals surface area contributed by atoms with Crippen LogP contribution in [0.5, 0.6) is 0 Å². The van der Waals surface area contributed by atoms with Gasteiger partial charge >= 0.3 is 0 Å². The van der Waals surface area contributed by atoms with Crippen LogP contribution < -0.4 is 5.32 Å². The number of benzene rings is 1. The maximum absolute atomic E-state index is 13.3. The number of carbonyl (C=O) groups excluding carboxylic acids is 2. The van der Waals surface area contributed by atoms with E-state index in [0.717, 1.165) is 11.3 Å². The molecule has 172 valence electrons. The molecule has 0 radical (unpaired) electrons. The maximum atomic E-state index is 13.3. The number of anilines is 1. The van der Waals surface area contributed by atoms with Gasteiger partial charge in [-0.25, -0.2) is 4.98 Å². The first-order chi connectivity index (χ1) is 15.8. The smallest absolute Gasteiger partial charge is 0.257 e. The summed E-state index contributed by atoms with van der Waals surface area (Å²) in [7, 11) is 0. The molecule has 1 N–H and O–H groups in total. The van der Waals surface area contributed by atoms with E-state index in [1.54, 1.807) is 17.0 Å². The molecule has 7 nitrogen and oxygen atoms in total. The minimum Gasteiger partial charge on any atom is -0.338 e. The van der Waals surface area contributed by atoms with Crippen molar-refractivity contribution >= 4 is 40.8 Å². The summed E-state index contributed by atoms with van der Waals surface area (Å²) in [6.07, 6.45) is 2.68. The van der Waals surface area contributed by atoms with Crippen LogP contribution in [0.25, 0.3) is 0 Å². The Bertz CT molecular complexity index is 1170. The van der Waals surface area contributed by atoms with Crippen molar-refractivity contribution in [3.63, 3.8) is 0 Å². The third-order valence-electron chi connectivity index (χ3n) is 6.00. The van der Waals surface area contributed by atoms with Crippen molar-refractivity contribution < 1.29 is 9.59 Å². The molecule has 2 aromatic heterocycles. The summed E-state index contributed by atoms with van der Waals surface area (Å²) in [6, 6.07) is 11.0. The van der Waals surface area contributed by atoms with E-state index in [0.29, 0.717) is 59.6 Å². The van der Waals surface area contributed by atoms with Gasteiger partial charge in [0.15, 0.2) is 0 Å². The Kier molecular flexibility index (Phi) is 7.00. The highest BCUT2D eigenvalue weighted by Gasteiger charge is 2.30. The first-order valence-corrected chi connectivity index (χ1v) is 11.6. The number of carbonyl (C=O) groups is 2. The minimum atomic E-state index is -0.170. The van der Waals surface area contributed by atoms with Gasteiger partial charge in [-0.1, -0.05) is 41.4 Å². The van der Waals surface area contributed by atoms with Gasteiger partial charge in [0, 0.05) is 35.9 Å². The fraction of sp³-hybridized carbons (Fsp3) is 0.333. The highest BCUT2D eigenvalue weighted by atomic mass is 35.5. The molecule has 1 fully saturated rings. The number of nitrogens with zero attached hydrogens (tertiary/aromatic N) is 4. The molecule has 0 bridgehead atoms. The molecule has 0 spiro atoms. The van der Waals surface area contributed by atoms with Crippen LogP contribution in [0.15, 0.2) is 42.6 Å². The van der Waals surface area contributed by atoms with Gasteiger partial charge in [-0.3, -0.25) is 14.3 Å². The Labute approximate surface area is 202 Å². The Hall–Kier alpha value is -2.90. The first kappa shape index (κ1) is 23.3. The van der Waals surface area contributed by atoms with E-state index in [4.69, 9.17) is 23.2 Å². The zero-order chi connectivity index (χ0) is 23.5. The lowest BCUT2D eigenvalue weighted by Crippen LogP contribution is -2.41. The van der Waals surface area contributed by atoms with Crippen LogP contribution in [0.1, 0.15) is 40.2 Å². The zero-order valence-corrected chi connectivity index (χ0v) is 20.0. The maximum Gasteiger partial charge on any atom is 0.257 e. The first-order valence-electron chi connectivity index (χ1n) is 10.8. The number of nitrogens with one attached hydrogen (secondary N) is 1. The molecule has 0 unspecified atom stereocenters. The van der Waals surface area contributed by atoms with Crippen LogP contribution in [-0.4, -0.2) is 44.6 Å². The molecule has 0 aliphatic carbocycles. The van der Waals surface area contributed by atoms with Crippen LogP contribution in [0.2, 0.25) is 10.0 Å². The van der Waals surface area contributed by atoms with Crippen molar-refractivity contribution in [3.05, 3.63) is 75.2 Å². The number of piperidine rings is 1. The lowest BCUT2D eigenvalue weighted by Gasteiger charge is -2.31. The van der Waals surface area contributed by atoms with Crippen molar-refractivity contribution in [2.75, 3.05) is 18.4 Å². The van der Waals surface area contributed by atoms with Crippen molar-refractivity contribution in [2.24, 2.45) is 5.92 Å². The second-order valence-corrected chi connectivity index (χ2v) is 9.06. The number of pyridine rings is 1. The number of aryl methyl sites for hydroxylation is 1. The summed E-state index contributed by atoms with van der Waals surface area (Å²) in [5, 5.41) is 8.60. The third kappa shape index (κ3) is 5.20. The lowest BCUT2D eigenvalue weighted by atomic mass is 9.95. The number of rotatable bonds is 5. The standard InChI is InChI=1S/C24H25Cl2N5O2/c1-15-22(16(2)31(29-15)14-18-5-3-4-6-20(18)26)24(33)30-11-9-17(10-12-30)23(32)28-21-8-7-19(25)13-27-21/h3-8,13,17H,9-12,14H2,1-2H3,(H,27,28,32). The number of likely N-dealkylation sites (tertiary alicyclic amines) is 1. The van der Waals surface area contributed by atoms with Crippen LogP contribution in [0, 0.1) is 19.8 Å². The van der Waals surface area contributed by atoms with E-state index in [2.05, 4.69) is 15.4 Å². The summed E-state index contributed by atoms with van der Waals surface area (Å²) in [5.74, 6) is 0.169. The molecular formula is C24H25Cl2N5O2. The molecule has 9 heteroatoms. The highest BCUT2D eigenvalue weighted by molar-refractivity contribution is 6.31. The Morgan fingerprint density at radius 3 is 2.48 bits per heavy atom. The van der Waals surface area contributed by atoms with Crippen molar-refractivity contribution in [3.8, 4) is 0 Å². The Morgan fingerprint density at radius 1 is 1.09 bits per heavy atom. The predicted octanol–water partition coefficient (Wildman–Crippen LogP) is 4.74. The predicted molar refractivity (Wildman–Crippen MR) is 129 cm³/mol. The van der Waals surface area contributed by atoms with Crippen molar-refractivity contribution in [2.45, 2.75) is 33.2 Å². The van der Waals surface area contributed by atoms with Gasteiger partial charge < -0.3 is 10.2 Å². The molecule has 33 heavy (non-hydrogen) atoms. The van der Waals surface area contributed by atoms with Gasteiger partial charge in [0.05, 0.1) is 22.8 Å². The second-order valence-electron chi connectivity index (χ2n) is 8.21. The minimum absolute atomic E-state index is 0.0476. The summed E-state index contributed by atoms with van der Waals surface area (Å²) < 4.78 is 1.82. The van der Waals surface area contributed by atoms with Crippen LogP contribution in [0.4, 0.5) is 5.82 Å². The number of amides is 2. The molecule has 0 atom stereocenters. The van der Waals surface area contributed by atoms with Gasteiger partial charge in [0.2, 0.25) is 5.91 Å². The van der Waals surface area contributed by atoms with Crippen LogP contribution in [-0.2, 0) is 11.3 Å². The molecule has 1 aliphatic heterocycles. The third-order valence-corrected chi connectivity index (χ3v) is 6.60. The van der Waals surface area contributed by atoms with E-state index < -0.39 is 0 Å². The second kappa shape index (κ2) is 9.93. The van der Waals surface area contributed by atoms with Gasteiger partial charge in [-0.05, 0) is 50.5 Å². The van der Waals surface area contributed by atoms with Gasteiger partial charge in [0.25, 0.3) is 5.91 Å².